The zero-order valence-electron chi connectivity index (χ0n) is 19.7. The number of likely N-dealkylation sites (tertiary alicyclic amines) is 1. The Morgan fingerprint density at radius 3 is 2.67 bits per heavy atom. The monoisotopic (exact) mass is 458 g/mol. The molecule has 33 heavy (non-hydrogen) atoms. The van der Waals surface area contributed by atoms with Gasteiger partial charge in [0.2, 0.25) is 0 Å². The number of aromatic nitrogens is 3. The number of rotatable bonds is 11. The van der Waals surface area contributed by atoms with Crippen molar-refractivity contribution in [3.63, 3.8) is 0 Å². The second kappa shape index (κ2) is 10.6. The fourth-order valence-electron chi connectivity index (χ4n) is 4.83. The number of carbonyl (C=O) groups excluding carboxylic acids is 1. The highest BCUT2D eigenvalue weighted by molar-refractivity contribution is 5.93. The second-order valence-corrected chi connectivity index (χ2v) is 9.04. The van der Waals surface area contributed by atoms with Crippen LogP contribution in [-0.2, 0) is 32.0 Å². The molecule has 1 saturated heterocycles. The van der Waals surface area contributed by atoms with Gasteiger partial charge in [0, 0.05) is 51.0 Å². The number of hydrogen-bond donors (Lipinski definition) is 0. The average molecular weight is 459 g/mol. The Labute approximate surface area is 195 Å². The van der Waals surface area contributed by atoms with Crippen LogP contribution in [-0.4, -0.2) is 71.1 Å². The molecule has 2 aliphatic rings. The maximum atomic E-state index is 13.3. The van der Waals surface area contributed by atoms with Crippen LogP contribution in [0.3, 0.4) is 0 Å². The van der Waals surface area contributed by atoms with Crippen molar-refractivity contribution in [2.24, 2.45) is 5.92 Å². The van der Waals surface area contributed by atoms with Gasteiger partial charge in [0.1, 0.15) is 19.3 Å². The lowest BCUT2D eigenvalue weighted by molar-refractivity contribution is -0.235. The molecule has 1 aliphatic heterocycles. The minimum Gasteiger partial charge on any atom is -0.490 e. The zero-order chi connectivity index (χ0) is 23.3. The summed E-state index contributed by atoms with van der Waals surface area (Å²) in [6.07, 6.45) is 10.4. The highest BCUT2D eigenvalue weighted by Gasteiger charge is 2.62. The smallest absolute Gasteiger partial charge is 0.259 e. The van der Waals surface area contributed by atoms with Gasteiger partial charge < -0.3 is 23.8 Å². The van der Waals surface area contributed by atoms with E-state index in [2.05, 4.69) is 17.0 Å². The fraction of sp³-hybridized carbons (Fsp3) is 0.625. The molecule has 0 N–H and O–H groups in total. The fourth-order valence-corrected chi connectivity index (χ4v) is 4.83. The van der Waals surface area contributed by atoms with E-state index in [1.165, 1.54) is 12.8 Å². The normalized spacial score (nSPS) is 27.4. The van der Waals surface area contributed by atoms with Gasteiger partial charge in [0.15, 0.2) is 5.60 Å². The average Bonchev–Trinajstić information content (AvgIpc) is 3.34. The first-order chi connectivity index (χ1) is 16.1. The van der Waals surface area contributed by atoms with Crippen LogP contribution < -0.4 is 4.74 Å². The summed E-state index contributed by atoms with van der Waals surface area (Å²) >= 11 is 0. The standard InChI is InChI=1S/C24H34N4O5/c1-18-5-7-20(8-6-18)33-21-9-11-25-19(13-21)14-24(32-17-31-3)22(15-27-12-4-10-26-27)28(16-30-2)23(24)29/h4,9-13,18,20,22H,5-8,14-17H2,1-3H3/t18-,20-,22-,24+/m0/s1. The topological polar surface area (TPSA) is 87.9 Å². The molecule has 0 unspecified atom stereocenters. The molecular weight excluding hydrogens is 424 g/mol. The molecule has 9 heteroatoms. The van der Waals surface area contributed by atoms with Crippen molar-refractivity contribution in [2.45, 2.75) is 63.3 Å². The molecule has 2 aromatic heterocycles. The molecule has 1 aliphatic carbocycles. The Balaban J connectivity index is 1.54. The zero-order valence-corrected chi connectivity index (χ0v) is 19.7. The van der Waals surface area contributed by atoms with Crippen LogP contribution in [0.1, 0.15) is 38.3 Å². The Kier molecular flexibility index (Phi) is 7.62. The van der Waals surface area contributed by atoms with Crippen molar-refractivity contribution in [2.75, 3.05) is 27.7 Å². The first kappa shape index (κ1) is 23.7. The molecule has 0 bridgehead atoms. The molecule has 9 nitrogen and oxygen atoms in total. The summed E-state index contributed by atoms with van der Waals surface area (Å²) in [6, 6.07) is 5.37. The lowest BCUT2D eigenvalue weighted by Crippen LogP contribution is -2.77. The van der Waals surface area contributed by atoms with Crippen LogP contribution in [0.4, 0.5) is 0 Å². The predicted molar refractivity (Wildman–Crippen MR) is 120 cm³/mol. The second-order valence-electron chi connectivity index (χ2n) is 9.04. The summed E-state index contributed by atoms with van der Waals surface area (Å²) in [5.74, 6) is 1.40. The van der Waals surface area contributed by atoms with Gasteiger partial charge >= 0.3 is 0 Å². The molecule has 0 spiro atoms. The number of carbonyl (C=O) groups is 1. The van der Waals surface area contributed by atoms with Crippen molar-refractivity contribution in [3.05, 3.63) is 42.5 Å². The van der Waals surface area contributed by atoms with E-state index >= 15 is 0 Å². The molecular formula is C24H34N4O5. The maximum Gasteiger partial charge on any atom is 0.259 e. The Bertz CT molecular complexity index is 900. The highest BCUT2D eigenvalue weighted by atomic mass is 16.7. The Hall–Kier alpha value is -2.49. The van der Waals surface area contributed by atoms with E-state index < -0.39 is 5.60 Å². The van der Waals surface area contributed by atoms with E-state index in [-0.39, 0.29) is 31.6 Å². The summed E-state index contributed by atoms with van der Waals surface area (Å²) < 4.78 is 24.6. The van der Waals surface area contributed by atoms with Crippen molar-refractivity contribution in [1.29, 1.82) is 0 Å². The number of nitrogens with zero attached hydrogens (tertiary/aromatic N) is 4. The highest BCUT2D eigenvalue weighted by Crippen LogP contribution is 2.39. The van der Waals surface area contributed by atoms with Crippen molar-refractivity contribution in [1.82, 2.24) is 19.7 Å². The van der Waals surface area contributed by atoms with Gasteiger partial charge in [0.05, 0.1) is 18.7 Å². The number of amides is 1. The molecule has 180 valence electrons. The lowest BCUT2D eigenvalue weighted by Gasteiger charge is -2.54. The van der Waals surface area contributed by atoms with Gasteiger partial charge in [0.25, 0.3) is 5.91 Å². The van der Waals surface area contributed by atoms with Gasteiger partial charge in [-0.15, -0.1) is 0 Å². The van der Waals surface area contributed by atoms with Crippen LogP contribution in [0.15, 0.2) is 36.8 Å². The first-order valence-corrected chi connectivity index (χ1v) is 11.6. The van der Waals surface area contributed by atoms with Gasteiger partial charge in [-0.3, -0.25) is 14.5 Å². The van der Waals surface area contributed by atoms with Crippen molar-refractivity contribution in [3.8, 4) is 5.75 Å². The number of ether oxygens (including phenoxy) is 4. The number of hydrogen-bond acceptors (Lipinski definition) is 7. The van der Waals surface area contributed by atoms with E-state index in [0.29, 0.717) is 13.0 Å². The van der Waals surface area contributed by atoms with E-state index in [9.17, 15) is 4.79 Å². The number of pyridine rings is 1. The molecule has 2 fully saturated rings. The van der Waals surface area contributed by atoms with Gasteiger partial charge in [-0.1, -0.05) is 6.92 Å². The maximum absolute atomic E-state index is 13.3. The molecule has 2 aromatic rings. The van der Waals surface area contributed by atoms with Crippen molar-refractivity contribution < 1.29 is 23.7 Å². The third-order valence-electron chi connectivity index (χ3n) is 6.66. The number of methoxy groups -OCH3 is 2. The third kappa shape index (κ3) is 5.20. The van der Waals surface area contributed by atoms with Crippen molar-refractivity contribution >= 4 is 5.91 Å². The molecule has 1 saturated carbocycles. The number of β-lactam (4-membered cyclic amide) rings is 1. The van der Waals surface area contributed by atoms with E-state index in [1.54, 1.807) is 36.2 Å². The van der Waals surface area contributed by atoms with Gasteiger partial charge in [-0.2, -0.15) is 5.10 Å². The minimum absolute atomic E-state index is 0.00137. The minimum atomic E-state index is -1.12. The largest absolute Gasteiger partial charge is 0.490 e. The van der Waals surface area contributed by atoms with Gasteiger partial charge in [-0.05, 0) is 43.7 Å². The molecule has 1 amide bonds. The van der Waals surface area contributed by atoms with E-state index in [1.807, 2.05) is 24.4 Å². The lowest BCUT2D eigenvalue weighted by atomic mass is 9.78. The van der Waals surface area contributed by atoms with Crippen LogP contribution in [0.5, 0.6) is 5.75 Å². The van der Waals surface area contributed by atoms with Gasteiger partial charge in [-0.25, -0.2) is 0 Å². The van der Waals surface area contributed by atoms with Crippen LogP contribution >= 0.6 is 0 Å². The summed E-state index contributed by atoms with van der Waals surface area (Å²) in [7, 11) is 3.12. The SMILES string of the molecule is COCO[C@@]1(Cc2cc(O[C@H]3CC[C@H](C)CC3)ccn2)C(=O)N(COC)[C@H]1Cn1cccn1. The quantitative estimate of drug-likeness (QED) is 0.378. The Morgan fingerprint density at radius 1 is 1.15 bits per heavy atom. The van der Waals surface area contributed by atoms with Crippen LogP contribution in [0.25, 0.3) is 0 Å². The molecule has 3 heterocycles. The molecule has 2 atom stereocenters. The summed E-state index contributed by atoms with van der Waals surface area (Å²) in [4.78, 5) is 19.5. The molecule has 4 rings (SSSR count). The summed E-state index contributed by atoms with van der Waals surface area (Å²) in [5.41, 5.74) is -0.379. The van der Waals surface area contributed by atoms with E-state index in [0.717, 1.165) is 30.2 Å². The molecule has 0 aromatic carbocycles. The first-order valence-electron chi connectivity index (χ1n) is 11.6. The summed E-state index contributed by atoms with van der Waals surface area (Å²) in [5, 5.41) is 4.31. The van der Waals surface area contributed by atoms with Crippen LogP contribution in [0, 0.1) is 5.92 Å². The summed E-state index contributed by atoms with van der Waals surface area (Å²) in [6.45, 7) is 2.95. The van der Waals surface area contributed by atoms with E-state index in [4.69, 9.17) is 18.9 Å². The van der Waals surface area contributed by atoms with Crippen LogP contribution in [0.2, 0.25) is 0 Å². The molecule has 0 radical (unpaired) electrons. The Morgan fingerprint density at radius 2 is 1.97 bits per heavy atom. The third-order valence-corrected chi connectivity index (χ3v) is 6.66. The predicted octanol–water partition coefficient (Wildman–Crippen LogP) is 2.65.